The average molecular weight is 494 g/mol. The van der Waals surface area contributed by atoms with E-state index in [1.54, 1.807) is 12.1 Å². The molecule has 0 saturated heterocycles. The maximum absolute atomic E-state index is 13.0. The van der Waals surface area contributed by atoms with Crippen LogP contribution < -0.4 is 29.7 Å². The van der Waals surface area contributed by atoms with E-state index in [9.17, 15) is 9.59 Å². The van der Waals surface area contributed by atoms with Gasteiger partial charge in [-0.1, -0.05) is 25.5 Å². The Morgan fingerprint density at radius 2 is 1.74 bits per heavy atom. The lowest BCUT2D eigenvalue weighted by Crippen LogP contribution is -2.34. The first-order chi connectivity index (χ1) is 16.9. The zero-order valence-corrected chi connectivity index (χ0v) is 20.9. The topological polar surface area (TPSA) is 89.1 Å². The van der Waals surface area contributed by atoms with Crippen LogP contribution in [-0.4, -0.2) is 44.8 Å². The highest BCUT2D eigenvalue weighted by Gasteiger charge is 2.30. The summed E-state index contributed by atoms with van der Waals surface area (Å²) < 4.78 is 16.0. The standard InChI is InChI=1S/C26H27N3O5S/c1-5-6-12-29-19-11-10-18(16-8-7-9-17(22(16)19)25(29)31)27-26(35)28-24(30)15-13-20(32-2)23(34-4)21(14-15)33-3/h7-11,13-14H,5-6,12H2,1-4H3,(H2,27,28,30,35). The Morgan fingerprint density at radius 1 is 1.03 bits per heavy atom. The SMILES string of the molecule is CCCCN1C(=O)c2cccc3c(NC(=S)NC(=O)c4cc(OC)c(OC)c(OC)c4)ccc1c23. The van der Waals surface area contributed by atoms with Gasteiger partial charge in [0.1, 0.15) is 0 Å². The van der Waals surface area contributed by atoms with E-state index in [4.69, 9.17) is 26.4 Å². The van der Waals surface area contributed by atoms with Gasteiger partial charge in [-0.25, -0.2) is 0 Å². The van der Waals surface area contributed by atoms with Crippen LogP contribution in [0.25, 0.3) is 10.8 Å². The summed E-state index contributed by atoms with van der Waals surface area (Å²) in [6.07, 6.45) is 1.93. The van der Waals surface area contributed by atoms with Crippen molar-refractivity contribution in [2.75, 3.05) is 38.1 Å². The smallest absolute Gasteiger partial charge is 0.258 e. The summed E-state index contributed by atoms with van der Waals surface area (Å²) in [6, 6.07) is 12.5. The van der Waals surface area contributed by atoms with Gasteiger partial charge in [-0.15, -0.1) is 0 Å². The molecule has 2 amide bonds. The molecule has 0 bridgehead atoms. The zero-order valence-electron chi connectivity index (χ0n) is 20.1. The number of carbonyl (C=O) groups is 2. The Morgan fingerprint density at radius 3 is 2.37 bits per heavy atom. The summed E-state index contributed by atoms with van der Waals surface area (Å²) >= 11 is 5.42. The number of nitrogens with zero attached hydrogens (tertiary/aromatic N) is 1. The van der Waals surface area contributed by atoms with E-state index in [2.05, 4.69) is 17.6 Å². The van der Waals surface area contributed by atoms with Gasteiger partial charge in [-0.2, -0.15) is 0 Å². The second-order valence-corrected chi connectivity index (χ2v) is 8.40. The van der Waals surface area contributed by atoms with Crippen molar-refractivity contribution in [1.82, 2.24) is 5.32 Å². The van der Waals surface area contributed by atoms with E-state index in [1.165, 1.54) is 21.3 Å². The van der Waals surface area contributed by atoms with Gasteiger partial charge >= 0.3 is 0 Å². The quantitative estimate of drug-likeness (QED) is 0.438. The van der Waals surface area contributed by atoms with Gasteiger partial charge in [0.25, 0.3) is 11.8 Å². The van der Waals surface area contributed by atoms with Gasteiger partial charge in [0, 0.05) is 34.1 Å². The Labute approximate surface area is 209 Å². The number of benzene rings is 3. The number of rotatable bonds is 8. The van der Waals surface area contributed by atoms with Crippen LogP contribution in [0.5, 0.6) is 17.2 Å². The van der Waals surface area contributed by atoms with Gasteiger partial charge < -0.3 is 24.4 Å². The van der Waals surface area contributed by atoms with Crippen molar-refractivity contribution < 1.29 is 23.8 Å². The normalized spacial score (nSPS) is 12.0. The highest BCUT2D eigenvalue weighted by molar-refractivity contribution is 7.80. The molecule has 9 heteroatoms. The summed E-state index contributed by atoms with van der Waals surface area (Å²) in [5.74, 6) is 0.687. The van der Waals surface area contributed by atoms with Crippen molar-refractivity contribution in [1.29, 1.82) is 0 Å². The van der Waals surface area contributed by atoms with Gasteiger partial charge in [-0.05, 0) is 49.0 Å². The number of anilines is 2. The molecule has 1 aliphatic heterocycles. The van der Waals surface area contributed by atoms with E-state index in [0.29, 0.717) is 40.6 Å². The molecule has 0 saturated carbocycles. The second-order valence-electron chi connectivity index (χ2n) is 7.99. The van der Waals surface area contributed by atoms with Crippen molar-refractivity contribution in [3.05, 3.63) is 53.6 Å². The molecule has 0 fully saturated rings. The highest BCUT2D eigenvalue weighted by atomic mass is 32.1. The first kappa shape index (κ1) is 24.3. The molecule has 0 radical (unpaired) electrons. The Balaban J connectivity index is 1.58. The number of amides is 2. The van der Waals surface area contributed by atoms with Crippen LogP contribution in [-0.2, 0) is 0 Å². The summed E-state index contributed by atoms with van der Waals surface area (Å²) in [4.78, 5) is 27.7. The lowest BCUT2D eigenvalue weighted by Gasteiger charge is -2.18. The fourth-order valence-electron chi connectivity index (χ4n) is 4.23. The molecular formula is C26H27N3O5S. The molecule has 0 atom stereocenters. The van der Waals surface area contributed by atoms with Gasteiger partial charge in [-0.3, -0.25) is 14.9 Å². The molecule has 2 N–H and O–H groups in total. The summed E-state index contributed by atoms with van der Waals surface area (Å²) in [6.45, 7) is 2.78. The molecule has 182 valence electrons. The van der Waals surface area contributed by atoms with Crippen molar-refractivity contribution in [2.24, 2.45) is 0 Å². The van der Waals surface area contributed by atoms with Crippen molar-refractivity contribution in [2.45, 2.75) is 19.8 Å². The summed E-state index contributed by atoms with van der Waals surface area (Å²) in [7, 11) is 4.46. The Kier molecular flexibility index (Phi) is 7.07. The molecule has 0 aliphatic carbocycles. The maximum atomic E-state index is 13.0. The highest BCUT2D eigenvalue weighted by Crippen LogP contribution is 2.41. The van der Waals surface area contributed by atoms with Crippen LogP contribution >= 0.6 is 12.2 Å². The van der Waals surface area contributed by atoms with Crippen molar-refractivity contribution >= 4 is 51.3 Å². The molecule has 3 aromatic carbocycles. The molecular weight excluding hydrogens is 466 g/mol. The third kappa shape index (κ3) is 4.46. The molecule has 35 heavy (non-hydrogen) atoms. The van der Waals surface area contributed by atoms with Crippen LogP contribution in [0.4, 0.5) is 11.4 Å². The monoisotopic (exact) mass is 493 g/mol. The van der Waals surface area contributed by atoms with Crippen LogP contribution in [0.1, 0.15) is 40.5 Å². The van der Waals surface area contributed by atoms with E-state index in [0.717, 1.165) is 29.3 Å². The molecule has 1 aliphatic rings. The van der Waals surface area contributed by atoms with E-state index in [1.807, 2.05) is 35.2 Å². The lowest BCUT2D eigenvalue weighted by atomic mass is 10.0. The molecule has 4 rings (SSSR count). The minimum Gasteiger partial charge on any atom is -0.493 e. The Hall–Kier alpha value is -3.85. The second kappa shape index (κ2) is 10.2. The third-order valence-corrected chi connectivity index (χ3v) is 6.13. The fourth-order valence-corrected chi connectivity index (χ4v) is 4.44. The zero-order chi connectivity index (χ0) is 25.1. The lowest BCUT2D eigenvalue weighted by molar-refractivity contribution is 0.0973. The number of methoxy groups -OCH3 is 3. The fraction of sp³-hybridized carbons (Fsp3) is 0.269. The molecule has 0 spiro atoms. The van der Waals surface area contributed by atoms with Gasteiger partial charge in [0.2, 0.25) is 5.75 Å². The predicted octanol–water partition coefficient (Wildman–Crippen LogP) is 4.75. The number of hydrogen-bond donors (Lipinski definition) is 2. The molecule has 0 unspecified atom stereocenters. The Bertz CT molecular complexity index is 1300. The number of carbonyl (C=O) groups excluding carboxylic acids is 2. The summed E-state index contributed by atoms with van der Waals surface area (Å²) in [5.41, 5.74) is 2.56. The average Bonchev–Trinajstić information content (AvgIpc) is 3.15. The van der Waals surface area contributed by atoms with E-state index in [-0.39, 0.29) is 11.0 Å². The van der Waals surface area contributed by atoms with Crippen LogP contribution in [0.2, 0.25) is 0 Å². The minimum atomic E-state index is -0.436. The number of unbranched alkanes of at least 4 members (excludes halogenated alkanes) is 1. The number of thiocarbonyl (C=S) groups is 1. The van der Waals surface area contributed by atoms with E-state index >= 15 is 0 Å². The molecule has 3 aromatic rings. The molecule has 0 aromatic heterocycles. The van der Waals surface area contributed by atoms with Crippen molar-refractivity contribution in [3.8, 4) is 17.2 Å². The van der Waals surface area contributed by atoms with Gasteiger partial charge in [0.15, 0.2) is 16.6 Å². The first-order valence-electron chi connectivity index (χ1n) is 11.2. The first-order valence-corrected chi connectivity index (χ1v) is 11.6. The van der Waals surface area contributed by atoms with Gasteiger partial charge in [0.05, 0.1) is 27.0 Å². The molecule has 1 heterocycles. The van der Waals surface area contributed by atoms with Crippen LogP contribution in [0, 0.1) is 0 Å². The largest absolute Gasteiger partial charge is 0.493 e. The number of ether oxygens (including phenoxy) is 3. The van der Waals surface area contributed by atoms with E-state index < -0.39 is 5.91 Å². The number of hydrogen-bond acceptors (Lipinski definition) is 6. The van der Waals surface area contributed by atoms with Crippen molar-refractivity contribution in [3.63, 3.8) is 0 Å². The maximum Gasteiger partial charge on any atom is 0.258 e. The predicted molar refractivity (Wildman–Crippen MR) is 140 cm³/mol. The molecule has 8 nitrogen and oxygen atoms in total. The minimum absolute atomic E-state index is 0.00878. The van der Waals surface area contributed by atoms with Crippen LogP contribution in [0.3, 0.4) is 0 Å². The summed E-state index contributed by atoms with van der Waals surface area (Å²) in [5, 5.41) is 7.66. The number of nitrogens with one attached hydrogen (secondary N) is 2. The van der Waals surface area contributed by atoms with Crippen LogP contribution in [0.15, 0.2) is 42.5 Å². The third-order valence-electron chi connectivity index (χ3n) is 5.92.